The monoisotopic (exact) mass is 364 g/mol. The minimum atomic E-state index is -5.79. The molecule has 1 aliphatic rings. The van der Waals surface area contributed by atoms with Crippen LogP contribution < -0.4 is 0 Å². The Morgan fingerprint density at radius 3 is 2.43 bits per heavy atom. The standard InChI is InChI=1S/C12H19F3O7S/c1-7(22-23(17,18)12(13,14)15)4-9-8(16)5-10(20-3)11(21-9)6-19-2/h8-11,16H,1,4-6H2,2-3H3/t8-,9+,10+,11-/m1/s1. The molecule has 1 fully saturated rings. The third kappa shape index (κ3) is 5.31. The Morgan fingerprint density at radius 2 is 1.96 bits per heavy atom. The molecule has 0 bridgehead atoms. The van der Waals surface area contributed by atoms with E-state index < -0.39 is 52.2 Å². The maximum absolute atomic E-state index is 12.2. The lowest BCUT2D eigenvalue weighted by Gasteiger charge is -2.38. The SMILES string of the molecule is C=C(C[C@@H]1O[C@H](COC)[C@@H](OC)C[C@H]1O)OS(=O)(=O)C(F)(F)F. The molecule has 11 heteroatoms. The number of hydrogen-bond donors (Lipinski definition) is 1. The van der Waals surface area contributed by atoms with Crippen LogP contribution in [0.5, 0.6) is 0 Å². The Hall–Kier alpha value is -0.880. The van der Waals surface area contributed by atoms with Crippen molar-refractivity contribution in [3.05, 3.63) is 12.3 Å². The van der Waals surface area contributed by atoms with E-state index in [0.29, 0.717) is 0 Å². The van der Waals surface area contributed by atoms with Gasteiger partial charge in [-0.2, -0.15) is 21.6 Å². The van der Waals surface area contributed by atoms with Crippen LogP contribution in [-0.4, -0.2) is 64.3 Å². The number of ether oxygens (including phenoxy) is 3. The van der Waals surface area contributed by atoms with E-state index in [4.69, 9.17) is 14.2 Å². The number of alkyl halides is 3. The smallest absolute Gasteiger partial charge is 0.390 e. The summed E-state index contributed by atoms with van der Waals surface area (Å²) in [5.74, 6) is -0.682. The Balaban J connectivity index is 2.70. The van der Waals surface area contributed by atoms with Crippen LogP contribution in [0.2, 0.25) is 0 Å². The molecule has 0 amide bonds. The Labute approximate surface area is 132 Å². The van der Waals surface area contributed by atoms with E-state index in [2.05, 4.69) is 10.8 Å². The molecule has 7 nitrogen and oxygen atoms in total. The molecule has 0 aromatic heterocycles. The number of hydrogen-bond acceptors (Lipinski definition) is 7. The number of aliphatic hydroxyl groups excluding tert-OH is 1. The second kappa shape index (κ2) is 7.79. The van der Waals surface area contributed by atoms with Crippen LogP contribution in [0, 0.1) is 0 Å². The van der Waals surface area contributed by atoms with E-state index in [0.717, 1.165) is 0 Å². The minimum Gasteiger partial charge on any atom is -0.390 e. The molecule has 0 aromatic rings. The quantitative estimate of drug-likeness (QED) is 0.408. The highest BCUT2D eigenvalue weighted by atomic mass is 32.2. The van der Waals surface area contributed by atoms with Crippen molar-refractivity contribution in [1.82, 2.24) is 0 Å². The summed E-state index contributed by atoms with van der Waals surface area (Å²) >= 11 is 0. The Morgan fingerprint density at radius 1 is 1.35 bits per heavy atom. The van der Waals surface area contributed by atoms with Gasteiger partial charge in [0.2, 0.25) is 0 Å². The predicted molar refractivity (Wildman–Crippen MR) is 71.8 cm³/mol. The maximum atomic E-state index is 12.2. The largest absolute Gasteiger partial charge is 0.534 e. The molecule has 0 spiro atoms. The summed E-state index contributed by atoms with van der Waals surface area (Å²) in [6, 6.07) is 0. The first-order valence-corrected chi connectivity index (χ1v) is 7.96. The highest BCUT2D eigenvalue weighted by Crippen LogP contribution is 2.30. The molecule has 136 valence electrons. The average molecular weight is 364 g/mol. The van der Waals surface area contributed by atoms with Gasteiger partial charge in [-0.1, -0.05) is 6.58 Å². The maximum Gasteiger partial charge on any atom is 0.534 e. The summed E-state index contributed by atoms with van der Waals surface area (Å²) < 4.78 is 78.0. The molecule has 0 unspecified atom stereocenters. The van der Waals surface area contributed by atoms with Crippen molar-refractivity contribution in [2.45, 2.75) is 42.8 Å². The molecular formula is C12H19F3O7S. The normalized spacial score (nSPS) is 29.3. The zero-order valence-corrected chi connectivity index (χ0v) is 13.4. The van der Waals surface area contributed by atoms with Crippen LogP contribution in [0.4, 0.5) is 13.2 Å². The van der Waals surface area contributed by atoms with Gasteiger partial charge in [0.15, 0.2) is 0 Å². The lowest BCUT2D eigenvalue weighted by Crippen LogP contribution is -2.49. The minimum absolute atomic E-state index is 0.135. The van der Waals surface area contributed by atoms with Crippen LogP contribution in [0.3, 0.4) is 0 Å². The molecule has 0 aromatic carbocycles. The van der Waals surface area contributed by atoms with E-state index in [-0.39, 0.29) is 13.0 Å². The van der Waals surface area contributed by atoms with Crippen molar-refractivity contribution < 1.29 is 45.1 Å². The highest BCUT2D eigenvalue weighted by molar-refractivity contribution is 7.87. The summed E-state index contributed by atoms with van der Waals surface area (Å²) in [4.78, 5) is 0. The van der Waals surface area contributed by atoms with Crippen molar-refractivity contribution in [3.8, 4) is 0 Å². The van der Waals surface area contributed by atoms with Crippen molar-refractivity contribution >= 4 is 10.1 Å². The van der Waals surface area contributed by atoms with Crippen LogP contribution in [0.25, 0.3) is 0 Å². The van der Waals surface area contributed by atoms with Gasteiger partial charge in [0.25, 0.3) is 0 Å². The van der Waals surface area contributed by atoms with Crippen LogP contribution in [-0.2, 0) is 28.5 Å². The van der Waals surface area contributed by atoms with Gasteiger partial charge in [-0.15, -0.1) is 0 Å². The van der Waals surface area contributed by atoms with Gasteiger partial charge in [0.1, 0.15) is 11.9 Å². The van der Waals surface area contributed by atoms with Crippen LogP contribution >= 0.6 is 0 Å². The number of halogens is 3. The van der Waals surface area contributed by atoms with Gasteiger partial charge < -0.3 is 23.5 Å². The summed E-state index contributed by atoms with van der Waals surface area (Å²) in [7, 11) is -2.95. The molecule has 1 rings (SSSR count). The molecular weight excluding hydrogens is 345 g/mol. The second-order valence-electron chi connectivity index (χ2n) is 4.97. The van der Waals surface area contributed by atoms with E-state index >= 15 is 0 Å². The van der Waals surface area contributed by atoms with E-state index in [1.807, 2.05) is 0 Å². The van der Waals surface area contributed by atoms with Crippen molar-refractivity contribution in [2.24, 2.45) is 0 Å². The molecule has 1 saturated heterocycles. The first-order valence-electron chi connectivity index (χ1n) is 6.55. The van der Waals surface area contributed by atoms with Gasteiger partial charge in [-0.3, -0.25) is 0 Å². The van der Waals surface area contributed by atoms with Crippen LogP contribution in [0.15, 0.2) is 12.3 Å². The van der Waals surface area contributed by atoms with Gasteiger partial charge in [-0.25, -0.2) is 0 Å². The van der Waals surface area contributed by atoms with E-state index in [1.165, 1.54) is 14.2 Å². The molecule has 4 atom stereocenters. The number of rotatable bonds is 7. The summed E-state index contributed by atoms with van der Waals surface area (Å²) in [6.07, 6.45) is -3.37. The lowest BCUT2D eigenvalue weighted by molar-refractivity contribution is -0.190. The molecule has 0 saturated carbocycles. The van der Waals surface area contributed by atoms with E-state index in [1.54, 1.807) is 0 Å². The summed E-state index contributed by atoms with van der Waals surface area (Å²) in [5, 5.41) is 9.95. The van der Waals surface area contributed by atoms with Crippen LogP contribution in [0.1, 0.15) is 12.8 Å². The second-order valence-corrected chi connectivity index (χ2v) is 6.51. The van der Waals surface area contributed by atoms with Crippen molar-refractivity contribution in [2.75, 3.05) is 20.8 Å². The molecule has 1 N–H and O–H groups in total. The third-order valence-electron chi connectivity index (χ3n) is 3.24. The molecule has 0 aliphatic carbocycles. The zero-order chi connectivity index (χ0) is 17.8. The average Bonchev–Trinajstić information content (AvgIpc) is 2.40. The highest BCUT2D eigenvalue weighted by Gasteiger charge is 2.49. The van der Waals surface area contributed by atoms with Crippen molar-refractivity contribution in [1.29, 1.82) is 0 Å². The summed E-state index contributed by atoms with van der Waals surface area (Å²) in [5.41, 5.74) is -5.55. The molecule has 1 heterocycles. The molecule has 0 radical (unpaired) electrons. The fraction of sp³-hybridized carbons (Fsp3) is 0.833. The van der Waals surface area contributed by atoms with Gasteiger partial charge in [-0.05, 0) is 0 Å². The first-order chi connectivity index (χ1) is 10.5. The predicted octanol–water partition coefficient (Wildman–Crippen LogP) is 0.936. The zero-order valence-electron chi connectivity index (χ0n) is 12.6. The Kier molecular flexibility index (Phi) is 6.83. The number of methoxy groups -OCH3 is 2. The van der Waals surface area contributed by atoms with Crippen molar-refractivity contribution in [3.63, 3.8) is 0 Å². The van der Waals surface area contributed by atoms with Gasteiger partial charge in [0.05, 0.1) is 24.9 Å². The van der Waals surface area contributed by atoms with E-state index in [9.17, 15) is 26.7 Å². The fourth-order valence-corrected chi connectivity index (χ4v) is 2.62. The molecule has 23 heavy (non-hydrogen) atoms. The van der Waals surface area contributed by atoms with Gasteiger partial charge in [0, 0.05) is 27.1 Å². The lowest BCUT2D eigenvalue weighted by atomic mass is 9.96. The fourth-order valence-electron chi connectivity index (χ4n) is 2.15. The topological polar surface area (TPSA) is 91.3 Å². The summed E-state index contributed by atoms with van der Waals surface area (Å²) in [6.45, 7) is 3.27. The number of aliphatic hydroxyl groups is 1. The Bertz CT molecular complexity index is 505. The third-order valence-corrected chi connectivity index (χ3v) is 4.26. The first kappa shape index (κ1) is 20.2. The molecule has 1 aliphatic heterocycles. The van der Waals surface area contributed by atoms with Gasteiger partial charge >= 0.3 is 15.6 Å².